The van der Waals surface area contributed by atoms with Crippen molar-refractivity contribution in [2.24, 2.45) is 0 Å². The first-order valence-corrected chi connectivity index (χ1v) is 10.7. The van der Waals surface area contributed by atoms with Gasteiger partial charge in [-0.05, 0) is 62.8 Å². The number of hydrogen-bond acceptors (Lipinski definition) is 6. The number of thiocarbonyl (C=S) groups is 1. The predicted octanol–water partition coefficient (Wildman–Crippen LogP) is 4.00. The molecule has 7 nitrogen and oxygen atoms in total. The molecule has 0 unspecified atom stereocenters. The highest BCUT2D eigenvalue weighted by Gasteiger charge is 2.34. The molecule has 0 bridgehead atoms. The Morgan fingerprint density at radius 2 is 1.75 bits per heavy atom. The summed E-state index contributed by atoms with van der Waals surface area (Å²) in [5.74, 6) is -0.227. The van der Waals surface area contributed by atoms with Crippen molar-refractivity contribution in [1.82, 2.24) is 10.2 Å². The second kappa shape index (κ2) is 10.3. The number of carbonyl (C=O) groups excluding carboxylic acids is 2. The number of nitrogens with one attached hydrogen (secondary N) is 1. The van der Waals surface area contributed by atoms with E-state index in [2.05, 4.69) is 5.32 Å². The second-order valence-corrected chi connectivity index (χ2v) is 7.44. The molecule has 0 radical (unpaired) electrons. The van der Waals surface area contributed by atoms with E-state index >= 15 is 0 Å². The molecule has 0 saturated carbocycles. The summed E-state index contributed by atoms with van der Waals surface area (Å²) in [7, 11) is 1.79. The zero-order valence-corrected chi connectivity index (χ0v) is 19.3. The molecule has 1 atom stereocenters. The van der Waals surface area contributed by atoms with Crippen LogP contribution in [-0.2, 0) is 9.53 Å². The van der Waals surface area contributed by atoms with E-state index in [4.69, 9.17) is 26.4 Å². The Morgan fingerprint density at radius 1 is 1.03 bits per heavy atom. The van der Waals surface area contributed by atoms with Gasteiger partial charge in [-0.3, -0.25) is 0 Å². The lowest BCUT2D eigenvalue weighted by Crippen LogP contribution is -2.46. The Bertz CT molecular complexity index is 1050. The lowest BCUT2D eigenvalue weighted by Gasteiger charge is -2.35. The minimum atomic E-state index is -0.532. The van der Waals surface area contributed by atoms with E-state index in [0.717, 1.165) is 5.56 Å². The van der Waals surface area contributed by atoms with E-state index in [0.29, 0.717) is 40.1 Å². The first-order chi connectivity index (χ1) is 15.4. The summed E-state index contributed by atoms with van der Waals surface area (Å²) < 4.78 is 16.6. The van der Waals surface area contributed by atoms with E-state index in [9.17, 15) is 9.59 Å². The van der Waals surface area contributed by atoms with E-state index < -0.39 is 18.0 Å². The molecule has 1 aliphatic rings. The maximum absolute atomic E-state index is 12.7. The van der Waals surface area contributed by atoms with Crippen molar-refractivity contribution in [2.75, 3.05) is 20.3 Å². The van der Waals surface area contributed by atoms with Crippen LogP contribution in [0.15, 0.2) is 59.8 Å². The summed E-state index contributed by atoms with van der Waals surface area (Å²) in [4.78, 5) is 27.0. The smallest absolute Gasteiger partial charge is 0.343 e. The van der Waals surface area contributed by atoms with Gasteiger partial charge in [-0.2, -0.15) is 0 Å². The third-order valence-electron chi connectivity index (χ3n) is 5.06. The lowest BCUT2D eigenvalue weighted by atomic mass is 9.95. The minimum absolute atomic E-state index is 0.259. The van der Waals surface area contributed by atoms with Crippen LogP contribution in [0.3, 0.4) is 0 Å². The molecular weight excluding hydrogens is 428 g/mol. The van der Waals surface area contributed by atoms with Crippen LogP contribution in [0, 0.1) is 0 Å². The number of hydrogen-bond donors (Lipinski definition) is 1. The first kappa shape index (κ1) is 23.3. The predicted molar refractivity (Wildman–Crippen MR) is 125 cm³/mol. The average molecular weight is 455 g/mol. The summed E-state index contributed by atoms with van der Waals surface area (Å²) >= 11 is 5.44. The number of esters is 2. The molecule has 0 saturated heterocycles. The molecular formula is C24H26N2O5S. The number of carbonyl (C=O) groups is 2. The van der Waals surface area contributed by atoms with Gasteiger partial charge < -0.3 is 24.4 Å². The minimum Gasteiger partial charge on any atom is -0.490 e. The molecule has 2 aromatic carbocycles. The zero-order valence-electron chi connectivity index (χ0n) is 18.5. The van der Waals surface area contributed by atoms with Crippen LogP contribution in [0.1, 0.15) is 42.7 Å². The average Bonchev–Trinajstić information content (AvgIpc) is 2.79. The van der Waals surface area contributed by atoms with Gasteiger partial charge in [0.25, 0.3) is 0 Å². The van der Waals surface area contributed by atoms with Crippen LogP contribution >= 0.6 is 12.2 Å². The maximum Gasteiger partial charge on any atom is 0.343 e. The van der Waals surface area contributed by atoms with E-state index in [1.165, 1.54) is 0 Å². The van der Waals surface area contributed by atoms with E-state index in [1.54, 1.807) is 61.3 Å². The van der Waals surface area contributed by atoms with Crippen molar-refractivity contribution in [2.45, 2.75) is 26.8 Å². The zero-order chi connectivity index (χ0) is 23.3. The summed E-state index contributed by atoms with van der Waals surface area (Å²) in [5, 5.41) is 3.68. The van der Waals surface area contributed by atoms with Crippen LogP contribution in [0.4, 0.5) is 0 Å². The van der Waals surface area contributed by atoms with E-state index in [-0.39, 0.29) is 6.61 Å². The van der Waals surface area contributed by atoms with Gasteiger partial charge in [0.05, 0.1) is 30.4 Å². The van der Waals surface area contributed by atoms with Gasteiger partial charge in [0.1, 0.15) is 0 Å². The van der Waals surface area contributed by atoms with Crippen molar-refractivity contribution < 1.29 is 23.8 Å². The Hall–Kier alpha value is -3.39. The van der Waals surface area contributed by atoms with Gasteiger partial charge in [0, 0.05) is 12.7 Å². The molecule has 0 aromatic heterocycles. The first-order valence-electron chi connectivity index (χ1n) is 10.3. The van der Waals surface area contributed by atoms with Crippen molar-refractivity contribution in [3.8, 4) is 11.5 Å². The Morgan fingerprint density at radius 3 is 2.41 bits per heavy atom. The molecule has 3 rings (SSSR count). The number of nitrogens with zero attached hydrogens (tertiary/aromatic N) is 1. The normalized spacial score (nSPS) is 15.8. The fraction of sp³-hybridized carbons (Fsp3) is 0.292. The van der Waals surface area contributed by atoms with Crippen LogP contribution in [0.2, 0.25) is 0 Å². The summed E-state index contributed by atoms with van der Waals surface area (Å²) in [6, 6.07) is 13.4. The molecule has 32 heavy (non-hydrogen) atoms. The van der Waals surface area contributed by atoms with Crippen LogP contribution < -0.4 is 14.8 Å². The summed E-state index contributed by atoms with van der Waals surface area (Å²) in [5.41, 5.74) is 2.32. The van der Waals surface area contributed by atoms with Crippen molar-refractivity contribution in [1.29, 1.82) is 0 Å². The SMILES string of the molecule is CCOC(=O)C1=C(C)N(C)C(=S)N[C@H]1c1ccc(OC(=O)c2ccccc2)c(OCC)c1. The summed E-state index contributed by atoms with van der Waals surface area (Å²) in [6.07, 6.45) is 0. The van der Waals surface area contributed by atoms with Crippen molar-refractivity contribution >= 4 is 29.3 Å². The third-order valence-corrected chi connectivity index (χ3v) is 5.45. The van der Waals surface area contributed by atoms with Crippen molar-refractivity contribution in [3.63, 3.8) is 0 Å². The molecule has 1 N–H and O–H groups in total. The molecule has 2 aromatic rings. The van der Waals surface area contributed by atoms with Gasteiger partial charge in [0.2, 0.25) is 0 Å². The highest BCUT2D eigenvalue weighted by atomic mass is 32.1. The molecule has 1 aliphatic heterocycles. The fourth-order valence-electron chi connectivity index (χ4n) is 3.35. The van der Waals surface area contributed by atoms with Crippen LogP contribution in [0.25, 0.3) is 0 Å². The highest BCUT2D eigenvalue weighted by Crippen LogP contribution is 2.36. The van der Waals surface area contributed by atoms with Crippen LogP contribution in [0.5, 0.6) is 11.5 Å². The molecule has 0 fully saturated rings. The monoisotopic (exact) mass is 454 g/mol. The standard InChI is InChI=1S/C24H26N2O5S/c1-5-29-19-14-17(12-13-18(19)31-22(27)16-10-8-7-9-11-16)21-20(23(28)30-6-2)15(3)26(4)24(32)25-21/h7-14,21H,5-6H2,1-4H3,(H,25,32)/t21-/m0/s1. The Kier molecular flexibility index (Phi) is 7.48. The second-order valence-electron chi connectivity index (χ2n) is 7.06. The molecule has 0 amide bonds. The summed E-state index contributed by atoms with van der Waals surface area (Å²) in [6.45, 7) is 6.06. The Balaban J connectivity index is 1.98. The number of rotatable bonds is 7. The Labute approximate surface area is 193 Å². The lowest BCUT2D eigenvalue weighted by molar-refractivity contribution is -0.139. The fourth-order valence-corrected chi connectivity index (χ4v) is 3.60. The largest absolute Gasteiger partial charge is 0.490 e. The molecule has 8 heteroatoms. The molecule has 1 heterocycles. The van der Waals surface area contributed by atoms with Gasteiger partial charge in [-0.1, -0.05) is 24.3 Å². The van der Waals surface area contributed by atoms with Gasteiger partial charge in [-0.15, -0.1) is 0 Å². The molecule has 168 valence electrons. The quantitative estimate of drug-likeness (QED) is 0.382. The van der Waals surface area contributed by atoms with Gasteiger partial charge in [-0.25, -0.2) is 9.59 Å². The van der Waals surface area contributed by atoms with Crippen molar-refractivity contribution in [3.05, 3.63) is 70.9 Å². The van der Waals surface area contributed by atoms with Crippen LogP contribution in [-0.4, -0.2) is 42.2 Å². The van der Waals surface area contributed by atoms with Gasteiger partial charge >= 0.3 is 11.9 Å². The highest BCUT2D eigenvalue weighted by molar-refractivity contribution is 7.80. The maximum atomic E-state index is 12.7. The molecule has 0 spiro atoms. The number of ether oxygens (including phenoxy) is 3. The topological polar surface area (TPSA) is 77.1 Å². The van der Waals surface area contributed by atoms with Gasteiger partial charge in [0.15, 0.2) is 16.6 Å². The number of benzene rings is 2. The third kappa shape index (κ3) is 4.91. The van der Waals surface area contributed by atoms with E-state index in [1.807, 2.05) is 19.9 Å². The number of allylic oxidation sites excluding steroid dienone is 1. The molecule has 0 aliphatic carbocycles.